The molecule has 0 saturated heterocycles. The topological polar surface area (TPSA) is 95.9 Å². The Kier molecular flexibility index (Phi) is 9.35. The van der Waals surface area contributed by atoms with E-state index in [-0.39, 0.29) is 18.5 Å². The molecule has 158 valence electrons. The molecule has 28 heavy (non-hydrogen) atoms. The third kappa shape index (κ3) is 7.67. The predicted molar refractivity (Wildman–Crippen MR) is 114 cm³/mol. The fraction of sp³-hybridized carbons (Fsp3) is 0.600. The maximum absolute atomic E-state index is 13.3. The van der Waals surface area contributed by atoms with Gasteiger partial charge in [0.2, 0.25) is 0 Å². The molecule has 1 aromatic carbocycles. The minimum Gasteiger partial charge on any atom is -0.444 e. The number of nitrogens with one attached hydrogen (secondary N) is 1. The predicted octanol–water partition coefficient (Wildman–Crippen LogP) is 4.54. The molecular formula is C20H32ClNO5P+. The normalized spacial score (nSPS) is 14.3. The molecular weight excluding hydrogens is 401 g/mol. The number of halogens is 1. The van der Waals surface area contributed by atoms with Crippen LogP contribution >= 0.6 is 19.3 Å². The molecule has 8 heteroatoms. The van der Waals surface area contributed by atoms with Gasteiger partial charge in [0.05, 0.1) is 5.92 Å². The van der Waals surface area contributed by atoms with Gasteiger partial charge in [0.15, 0.2) is 11.4 Å². The van der Waals surface area contributed by atoms with E-state index < -0.39 is 31.0 Å². The monoisotopic (exact) mass is 432 g/mol. The van der Waals surface area contributed by atoms with Crippen LogP contribution in [0.4, 0.5) is 4.79 Å². The molecule has 0 aliphatic heterocycles. The second kappa shape index (κ2) is 10.5. The number of amides is 1. The molecule has 0 aromatic heterocycles. The number of hydrogen-bond acceptors (Lipinski definition) is 5. The second-order valence-corrected chi connectivity index (χ2v) is 11.1. The molecule has 1 amide bonds. The van der Waals surface area contributed by atoms with Crippen molar-refractivity contribution in [3.05, 3.63) is 34.9 Å². The van der Waals surface area contributed by atoms with Crippen LogP contribution in [0.25, 0.3) is 0 Å². The van der Waals surface area contributed by atoms with E-state index in [1.165, 1.54) is 0 Å². The number of carbonyl (C=O) groups excluding carboxylic acids is 2. The molecule has 6 nitrogen and oxygen atoms in total. The molecule has 0 radical (unpaired) electrons. The molecule has 0 fully saturated rings. The number of Topliss-reactive ketones (excluding diaryl/α,β-unsaturated/α-hetero) is 1. The molecule has 0 aliphatic rings. The molecule has 1 rings (SSSR count). The zero-order valence-corrected chi connectivity index (χ0v) is 18.9. The minimum atomic E-state index is -3.39. The van der Waals surface area contributed by atoms with Gasteiger partial charge in [0.1, 0.15) is 11.8 Å². The number of benzene rings is 1. The summed E-state index contributed by atoms with van der Waals surface area (Å²) in [4.78, 5) is 46.3. The largest absolute Gasteiger partial charge is 0.444 e. The summed E-state index contributed by atoms with van der Waals surface area (Å²) in [5.41, 5.74) is -0.862. The fourth-order valence-electron chi connectivity index (χ4n) is 2.86. The summed E-state index contributed by atoms with van der Waals surface area (Å²) in [7, 11) is -3.39. The Balaban J connectivity index is 3.13. The Bertz CT molecular complexity index is 658. The highest BCUT2D eigenvalue weighted by Gasteiger charge is 2.48. The molecule has 0 spiro atoms. The van der Waals surface area contributed by atoms with Gasteiger partial charge in [0.25, 0.3) is 7.72 Å². The third-order valence-corrected chi connectivity index (χ3v) is 7.01. The first-order valence-corrected chi connectivity index (χ1v) is 11.8. The highest BCUT2D eigenvalue weighted by Crippen LogP contribution is 2.57. The van der Waals surface area contributed by atoms with Gasteiger partial charge in [-0.3, -0.25) is 4.79 Å². The highest BCUT2D eigenvalue weighted by molar-refractivity contribution is 7.66. The van der Waals surface area contributed by atoms with Gasteiger partial charge in [-0.2, -0.15) is 0 Å². The lowest BCUT2D eigenvalue weighted by molar-refractivity contribution is -0.120. The number of ketones is 1. The van der Waals surface area contributed by atoms with Crippen molar-refractivity contribution in [1.29, 1.82) is 0 Å². The fourth-order valence-corrected chi connectivity index (χ4v) is 4.68. The molecule has 2 atom stereocenters. The summed E-state index contributed by atoms with van der Waals surface area (Å²) >= 11 is 5.95. The van der Waals surface area contributed by atoms with Gasteiger partial charge in [-0.05, 0) is 51.8 Å². The van der Waals surface area contributed by atoms with E-state index in [4.69, 9.17) is 16.3 Å². The van der Waals surface area contributed by atoms with Gasteiger partial charge in [-0.25, -0.2) is 14.6 Å². The van der Waals surface area contributed by atoms with E-state index in [1.54, 1.807) is 52.0 Å². The zero-order chi connectivity index (χ0) is 21.5. The van der Waals surface area contributed by atoms with E-state index >= 15 is 0 Å². The molecule has 1 aromatic rings. The van der Waals surface area contributed by atoms with Crippen molar-refractivity contribution in [3.63, 3.8) is 0 Å². The van der Waals surface area contributed by atoms with Crippen LogP contribution in [0.2, 0.25) is 5.02 Å². The SMILES string of the molecule is CCCC(C(=O)C(CNC(=O)OC(C)(C)C)c1ccc(Cl)cc1)[P+](O)(O)CC. The standard InChI is InChI=1S/C20H31ClNO5P/c1-6-8-17(28(25,26)7-2)18(23)16(14-9-11-15(21)12-10-14)13-22-19(24)27-20(3,4)5/h9-12,16-17,25-26H,6-8,13H2,1-5H3/p+1. The first-order valence-electron chi connectivity index (χ1n) is 9.50. The summed E-state index contributed by atoms with van der Waals surface area (Å²) < 4.78 is 5.24. The van der Waals surface area contributed by atoms with E-state index in [0.29, 0.717) is 23.4 Å². The Labute approximate surface area is 173 Å². The van der Waals surface area contributed by atoms with Gasteiger partial charge in [0, 0.05) is 11.6 Å². The van der Waals surface area contributed by atoms with Crippen molar-refractivity contribution in [2.24, 2.45) is 0 Å². The molecule has 0 bridgehead atoms. The number of hydrogen-bond donors (Lipinski definition) is 3. The summed E-state index contributed by atoms with van der Waals surface area (Å²) in [6.07, 6.45) is 0.530. The average Bonchev–Trinajstić information content (AvgIpc) is 2.59. The van der Waals surface area contributed by atoms with Crippen LogP contribution in [0, 0.1) is 0 Å². The van der Waals surface area contributed by atoms with Gasteiger partial charge in [-0.1, -0.05) is 37.1 Å². The maximum Gasteiger partial charge on any atom is 0.407 e. The van der Waals surface area contributed by atoms with Crippen LogP contribution < -0.4 is 5.32 Å². The van der Waals surface area contributed by atoms with Crippen molar-refractivity contribution < 1.29 is 24.1 Å². The number of rotatable bonds is 9. The van der Waals surface area contributed by atoms with E-state index in [0.717, 1.165) is 0 Å². The lowest BCUT2D eigenvalue weighted by Crippen LogP contribution is -2.39. The van der Waals surface area contributed by atoms with Crippen LogP contribution in [-0.4, -0.2) is 45.6 Å². The third-order valence-electron chi connectivity index (χ3n) is 4.32. The van der Waals surface area contributed by atoms with Crippen molar-refractivity contribution in [1.82, 2.24) is 5.32 Å². The lowest BCUT2D eigenvalue weighted by atomic mass is 9.91. The second-order valence-electron chi connectivity index (χ2n) is 7.80. The molecule has 0 heterocycles. The minimum absolute atomic E-state index is 0.000687. The van der Waals surface area contributed by atoms with Gasteiger partial charge >= 0.3 is 6.09 Å². The number of ether oxygens (including phenoxy) is 1. The van der Waals surface area contributed by atoms with Gasteiger partial charge in [-0.15, -0.1) is 0 Å². The Morgan fingerprint density at radius 3 is 2.21 bits per heavy atom. The van der Waals surface area contributed by atoms with Crippen molar-refractivity contribution in [2.45, 2.75) is 64.6 Å². The lowest BCUT2D eigenvalue weighted by Gasteiger charge is -2.26. The van der Waals surface area contributed by atoms with Crippen LogP contribution in [0.1, 0.15) is 58.9 Å². The Hall–Kier alpha value is -1.20. The summed E-state index contributed by atoms with van der Waals surface area (Å²) in [5, 5.41) is 3.16. The zero-order valence-electron chi connectivity index (χ0n) is 17.2. The van der Waals surface area contributed by atoms with Crippen LogP contribution in [0.15, 0.2) is 24.3 Å². The smallest absolute Gasteiger partial charge is 0.407 e. The van der Waals surface area contributed by atoms with Crippen molar-refractivity contribution in [2.75, 3.05) is 12.7 Å². The molecule has 2 unspecified atom stereocenters. The molecule has 3 N–H and O–H groups in total. The maximum atomic E-state index is 13.3. The van der Waals surface area contributed by atoms with Crippen LogP contribution in [0.5, 0.6) is 0 Å². The summed E-state index contributed by atoms with van der Waals surface area (Å²) in [6, 6.07) is 6.76. The first-order chi connectivity index (χ1) is 12.9. The number of carbonyl (C=O) groups is 2. The molecule has 0 saturated carbocycles. The van der Waals surface area contributed by atoms with Gasteiger partial charge < -0.3 is 10.1 Å². The first kappa shape index (κ1) is 24.8. The van der Waals surface area contributed by atoms with Crippen molar-refractivity contribution in [3.8, 4) is 0 Å². The van der Waals surface area contributed by atoms with Crippen molar-refractivity contribution >= 4 is 31.2 Å². The summed E-state index contributed by atoms with van der Waals surface area (Å²) in [6.45, 7) is 8.82. The highest BCUT2D eigenvalue weighted by atomic mass is 35.5. The summed E-state index contributed by atoms with van der Waals surface area (Å²) in [5.74, 6) is -1.02. The Morgan fingerprint density at radius 2 is 1.75 bits per heavy atom. The molecule has 0 aliphatic carbocycles. The Morgan fingerprint density at radius 1 is 1.18 bits per heavy atom. The van der Waals surface area contributed by atoms with E-state index in [9.17, 15) is 19.4 Å². The van der Waals surface area contributed by atoms with Crippen LogP contribution in [-0.2, 0) is 9.53 Å². The van der Waals surface area contributed by atoms with E-state index in [2.05, 4.69) is 5.32 Å². The average molecular weight is 433 g/mol. The van der Waals surface area contributed by atoms with E-state index in [1.807, 2.05) is 6.92 Å². The number of alkyl carbamates (subject to hydrolysis) is 1. The quantitative estimate of drug-likeness (QED) is 0.498. The van der Waals surface area contributed by atoms with Crippen LogP contribution in [0.3, 0.4) is 0 Å².